The van der Waals surface area contributed by atoms with Crippen molar-refractivity contribution in [2.45, 2.75) is 12.6 Å². The Bertz CT molecular complexity index is 1130. The van der Waals surface area contributed by atoms with E-state index in [-0.39, 0.29) is 17.9 Å². The number of aliphatic hydroxyl groups excluding tert-OH is 1. The minimum atomic E-state index is -0.711. The summed E-state index contributed by atoms with van der Waals surface area (Å²) in [5.41, 5.74) is 3.09. The molecule has 7 heteroatoms. The summed E-state index contributed by atoms with van der Waals surface area (Å²) in [6.07, 6.45) is 6.35. The molecule has 1 saturated heterocycles. The van der Waals surface area contributed by atoms with E-state index in [1.807, 2.05) is 43.3 Å². The summed E-state index contributed by atoms with van der Waals surface area (Å²) >= 11 is 0. The summed E-state index contributed by atoms with van der Waals surface area (Å²) in [4.78, 5) is 37.5. The molecule has 0 bridgehead atoms. The van der Waals surface area contributed by atoms with Crippen LogP contribution in [0.1, 0.15) is 22.7 Å². The molecule has 1 atom stereocenters. The SMILES string of the molecule is CN(C)c1ccc(C2/C(=C(/O)c3ccncc3)C(=O)C(=O)N2Cc2ccncc2)cc1. The monoisotopic (exact) mass is 414 g/mol. The largest absolute Gasteiger partial charge is 0.507 e. The van der Waals surface area contributed by atoms with Gasteiger partial charge in [-0.2, -0.15) is 0 Å². The first-order valence-electron chi connectivity index (χ1n) is 9.82. The third-order valence-electron chi connectivity index (χ3n) is 5.32. The minimum Gasteiger partial charge on any atom is -0.507 e. The van der Waals surface area contributed by atoms with Crippen LogP contribution in [0.5, 0.6) is 0 Å². The Morgan fingerprint density at radius 2 is 1.52 bits per heavy atom. The van der Waals surface area contributed by atoms with Crippen molar-refractivity contribution in [1.82, 2.24) is 14.9 Å². The predicted molar refractivity (Wildman–Crippen MR) is 117 cm³/mol. The van der Waals surface area contributed by atoms with Crippen LogP contribution < -0.4 is 4.90 Å². The van der Waals surface area contributed by atoms with Crippen LogP contribution in [0.4, 0.5) is 5.69 Å². The molecule has 1 unspecified atom stereocenters. The van der Waals surface area contributed by atoms with E-state index in [9.17, 15) is 14.7 Å². The van der Waals surface area contributed by atoms with Gasteiger partial charge in [0.1, 0.15) is 5.76 Å². The van der Waals surface area contributed by atoms with Gasteiger partial charge in [0.15, 0.2) is 0 Å². The van der Waals surface area contributed by atoms with Crippen LogP contribution in [-0.2, 0) is 16.1 Å². The smallest absolute Gasteiger partial charge is 0.295 e. The molecule has 1 N–H and O–H groups in total. The van der Waals surface area contributed by atoms with Gasteiger partial charge in [0, 0.05) is 56.7 Å². The summed E-state index contributed by atoms with van der Waals surface area (Å²) < 4.78 is 0. The zero-order chi connectivity index (χ0) is 22.0. The maximum atomic E-state index is 13.0. The number of benzene rings is 1. The number of aliphatic hydroxyl groups is 1. The quantitative estimate of drug-likeness (QED) is 0.392. The Hall–Kier alpha value is -4.00. The van der Waals surface area contributed by atoms with E-state index in [4.69, 9.17) is 0 Å². The Labute approximate surface area is 180 Å². The number of aromatic nitrogens is 2. The molecule has 0 saturated carbocycles. The number of anilines is 1. The van der Waals surface area contributed by atoms with Gasteiger partial charge < -0.3 is 14.9 Å². The highest BCUT2D eigenvalue weighted by Crippen LogP contribution is 2.40. The number of hydrogen-bond donors (Lipinski definition) is 1. The zero-order valence-corrected chi connectivity index (χ0v) is 17.3. The van der Waals surface area contributed by atoms with E-state index < -0.39 is 17.7 Å². The first-order chi connectivity index (χ1) is 15.0. The van der Waals surface area contributed by atoms with E-state index >= 15 is 0 Å². The number of pyridine rings is 2. The van der Waals surface area contributed by atoms with Gasteiger partial charge in [0.05, 0.1) is 11.6 Å². The van der Waals surface area contributed by atoms with Gasteiger partial charge >= 0.3 is 0 Å². The van der Waals surface area contributed by atoms with Crippen molar-refractivity contribution in [3.8, 4) is 0 Å². The highest BCUT2D eigenvalue weighted by Gasteiger charge is 2.46. The van der Waals surface area contributed by atoms with Crippen LogP contribution in [0.2, 0.25) is 0 Å². The molecule has 3 aromatic rings. The summed E-state index contributed by atoms with van der Waals surface area (Å²) in [6.45, 7) is 0.223. The summed E-state index contributed by atoms with van der Waals surface area (Å²) in [6, 6.07) is 13.7. The van der Waals surface area contributed by atoms with Crippen molar-refractivity contribution >= 4 is 23.1 Å². The first kappa shape index (κ1) is 20.3. The number of carbonyl (C=O) groups excluding carboxylic acids is 2. The molecule has 0 spiro atoms. The lowest BCUT2D eigenvalue weighted by Gasteiger charge is -2.26. The molecule has 1 amide bonds. The number of carbonyl (C=O) groups is 2. The summed E-state index contributed by atoms with van der Waals surface area (Å²) in [5.74, 6) is -1.56. The number of likely N-dealkylation sites (tertiary alicyclic amines) is 1. The van der Waals surface area contributed by atoms with Crippen LogP contribution in [0.3, 0.4) is 0 Å². The normalized spacial score (nSPS) is 17.7. The second-order valence-corrected chi connectivity index (χ2v) is 7.50. The van der Waals surface area contributed by atoms with Crippen molar-refractivity contribution in [3.63, 3.8) is 0 Å². The van der Waals surface area contributed by atoms with E-state index in [1.54, 1.807) is 36.7 Å². The standard InChI is InChI=1S/C24H22N4O3/c1-27(2)19-5-3-17(4-6-19)21-20(22(29)18-9-13-26-14-10-18)23(30)24(31)28(21)15-16-7-11-25-12-8-16/h3-14,21,29H,15H2,1-2H3/b22-20-. The van der Waals surface area contributed by atoms with Gasteiger partial charge in [-0.05, 0) is 47.5 Å². The molecule has 3 heterocycles. The first-order valence-corrected chi connectivity index (χ1v) is 9.82. The van der Waals surface area contributed by atoms with Gasteiger partial charge in [-0.3, -0.25) is 19.6 Å². The topological polar surface area (TPSA) is 86.6 Å². The average molecular weight is 414 g/mol. The number of nitrogens with zero attached hydrogens (tertiary/aromatic N) is 4. The van der Waals surface area contributed by atoms with E-state index in [0.29, 0.717) is 5.56 Å². The molecule has 2 aromatic heterocycles. The Balaban J connectivity index is 1.84. The van der Waals surface area contributed by atoms with Crippen molar-refractivity contribution in [2.75, 3.05) is 19.0 Å². The molecule has 0 aliphatic carbocycles. The number of amides is 1. The van der Waals surface area contributed by atoms with Crippen LogP contribution in [0, 0.1) is 0 Å². The fourth-order valence-corrected chi connectivity index (χ4v) is 3.69. The summed E-state index contributed by atoms with van der Waals surface area (Å²) in [7, 11) is 3.88. The highest BCUT2D eigenvalue weighted by molar-refractivity contribution is 6.46. The fraction of sp³-hybridized carbons (Fsp3) is 0.167. The van der Waals surface area contributed by atoms with Gasteiger partial charge in [-0.15, -0.1) is 0 Å². The molecule has 1 aliphatic rings. The van der Waals surface area contributed by atoms with Crippen molar-refractivity contribution in [3.05, 3.63) is 95.6 Å². The highest BCUT2D eigenvalue weighted by atomic mass is 16.3. The maximum absolute atomic E-state index is 13.0. The molecule has 7 nitrogen and oxygen atoms in total. The Morgan fingerprint density at radius 3 is 2.10 bits per heavy atom. The van der Waals surface area contributed by atoms with Gasteiger partial charge in [-0.25, -0.2) is 0 Å². The third kappa shape index (κ3) is 3.90. The molecule has 0 radical (unpaired) electrons. The maximum Gasteiger partial charge on any atom is 0.295 e. The zero-order valence-electron chi connectivity index (χ0n) is 17.3. The molecular formula is C24H22N4O3. The van der Waals surface area contributed by atoms with Crippen molar-refractivity contribution < 1.29 is 14.7 Å². The van der Waals surface area contributed by atoms with Gasteiger partial charge in [-0.1, -0.05) is 12.1 Å². The van der Waals surface area contributed by atoms with Crippen LogP contribution in [0.15, 0.2) is 78.9 Å². The number of Topliss-reactive ketones (excluding diaryl/α,β-unsaturated/α-hetero) is 1. The lowest BCUT2D eigenvalue weighted by Crippen LogP contribution is -2.29. The average Bonchev–Trinajstić information content (AvgIpc) is 3.05. The van der Waals surface area contributed by atoms with Crippen molar-refractivity contribution in [1.29, 1.82) is 0 Å². The molecule has 4 rings (SSSR count). The lowest BCUT2D eigenvalue weighted by molar-refractivity contribution is -0.140. The predicted octanol–water partition coefficient (Wildman–Crippen LogP) is 3.16. The van der Waals surface area contributed by atoms with Gasteiger partial charge in [0.25, 0.3) is 11.7 Å². The van der Waals surface area contributed by atoms with Crippen LogP contribution in [0.25, 0.3) is 5.76 Å². The number of rotatable bonds is 5. The van der Waals surface area contributed by atoms with Crippen LogP contribution >= 0.6 is 0 Å². The van der Waals surface area contributed by atoms with E-state index in [2.05, 4.69) is 9.97 Å². The van der Waals surface area contributed by atoms with E-state index in [0.717, 1.165) is 16.8 Å². The molecule has 1 fully saturated rings. The second-order valence-electron chi connectivity index (χ2n) is 7.50. The third-order valence-corrected chi connectivity index (χ3v) is 5.32. The fourth-order valence-electron chi connectivity index (χ4n) is 3.69. The summed E-state index contributed by atoms with van der Waals surface area (Å²) in [5, 5.41) is 11.0. The lowest BCUT2D eigenvalue weighted by atomic mass is 9.95. The minimum absolute atomic E-state index is 0.0721. The molecule has 156 valence electrons. The van der Waals surface area contributed by atoms with E-state index in [1.165, 1.54) is 17.3 Å². The number of ketones is 1. The number of hydrogen-bond acceptors (Lipinski definition) is 6. The molecular weight excluding hydrogens is 392 g/mol. The molecule has 1 aromatic carbocycles. The van der Waals surface area contributed by atoms with Gasteiger partial charge in [0.2, 0.25) is 0 Å². The van der Waals surface area contributed by atoms with Crippen molar-refractivity contribution in [2.24, 2.45) is 0 Å². The molecule has 31 heavy (non-hydrogen) atoms. The second kappa shape index (κ2) is 8.39. The van der Waals surface area contributed by atoms with Crippen LogP contribution in [-0.4, -0.2) is 45.8 Å². The Kier molecular flexibility index (Phi) is 5.49. The Morgan fingerprint density at radius 1 is 0.935 bits per heavy atom. The molecule has 1 aliphatic heterocycles.